The summed E-state index contributed by atoms with van der Waals surface area (Å²) < 4.78 is 0. The lowest BCUT2D eigenvalue weighted by atomic mass is 10.1. The fourth-order valence-electron chi connectivity index (χ4n) is 1.72. The number of aryl methyl sites for hydroxylation is 2. The van der Waals surface area contributed by atoms with Gasteiger partial charge in [0.1, 0.15) is 0 Å². The number of rotatable bonds is 1. The summed E-state index contributed by atoms with van der Waals surface area (Å²) in [6, 6.07) is 0. The molecular formula is C9H14N4. The molecule has 1 aliphatic carbocycles. The van der Waals surface area contributed by atoms with Crippen LogP contribution in [0.3, 0.4) is 0 Å². The zero-order chi connectivity index (χ0) is 9.10. The van der Waals surface area contributed by atoms with Crippen LogP contribution in [0.15, 0.2) is 6.20 Å². The van der Waals surface area contributed by atoms with Crippen molar-refractivity contribution in [2.45, 2.75) is 32.1 Å². The minimum Gasteiger partial charge on any atom is -0.292 e. The van der Waals surface area contributed by atoms with Crippen molar-refractivity contribution in [3.05, 3.63) is 17.5 Å². The first-order chi connectivity index (χ1) is 6.40. The fourth-order valence-corrected chi connectivity index (χ4v) is 1.72. The number of nitrogens with zero attached hydrogens (tertiary/aromatic N) is 2. The molecule has 0 unspecified atom stereocenters. The SMILES string of the molecule is NNc1ncc2c(n1)CCCCC2. The standard InChI is InChI=1S/C9H14N4/c10-13-9-11-6-7-4-2-1-3-5-8(7)12-9/h6H,1-5,10H2,(H,11,12,13). The summed E-state index contributed by atoms with van der Waals surface area (Å²) in [6.07, 6.45) is 7.84. The van der Waals surface area contributed by atoms with E-state index in [0.717, 1.165) is 12.8 Å². The van der Waals surface area contributed by atoms with Crippen LogP contribution in [0.2, 0.25) is 0 Å². The largest absolute Gasteiger partial charge is 0.292 e. The van der Waals surface area contributed by atoms with E-state index in [9.17, 15) is 0 Å². The smallest absolute Gasteiger partial charge is 0.237 e. The summed E-state index contributed by atoms with van der Waals surface area (Å²) in [5.41, 5.74) is 4.93. The lowest BCUT2D eigenvalue weighted by Gasteiger charge is -2.05. The van der Waals surface area contributed by atoms with Gasteiger partial charge in [0.25, 0.3) is 0 Å². The van der Waals surface area contributed by atoms with Crippen molar-refractivity contribution in [2.75, 3.05) is 5.43 Å². The Labute approximate surface area is 77.5 Å². The van der Waals surface area contributed by atoms with Crippen LogP contribution in [0, 0.1) is 0 Å². The quantitative estimate of drug-likeness (QED) is 0.383. The topological polar surface area (TPSA) is 63.8 Å². The number of anilines is 1. The van der Waals surface area contributed by atoms with Gasteiger partial charge in [-0.3, -0.25) is 5.43 Å². The van der Waals surface area contributed by atoms with Crippen molar-refractivity contribution < 1.29 is 0 Å². The third-order valence-corrected chi connectivity index (χ3v) is 2.44. The summed E-state index contributed by atoms with van der Waals surface area (Å²) >= 11 is 0. The highest BCUT2D eigenvalue weighted by Gasteiger charge is 2.09. The van der Waals surface area contributed by atoms with E-state index in [0.29, 0.717) is 5.95 Å². The van der Waals surface area contributed by atoms with E-state index in [1.165, 1.54) is 30.5 Å². The molecule has 0 radical (unpaired) electrons. The van der Waals surface area contributed by atoms with Gasteiger partial charge < -0.3 is 0 Å². The molecule has 0 fully saturated rings. The van der Waals surface area contributed by atoms with Crippen LogP contribution in [-0.4, -0.2) is 9.97 Å². The molecule has 4 nitrogen and oxygen atoms in total. The third kappa shape index (κ3) is 1.78. The van der Waals surface area contributed by atoms with Gasteiger partial charge in [0.15, 0.2) is 0 Å². The van der Waals surface area contributed by atoms with E-state index >= 15 is 0 Å². The minimum atomic E-state index is 0.528. The van der Waals surface area contributed by atoms with Crippen LogP contribution < -0.4 is 11.3 Å². The van der Waals surface area contributed by atoms with Crippen LogP contribution >= 0.6 is 0 Å². The molecule has 2 rings (SSSR count). The Kier molecular flexibility index (Phi) is 2.40. The second-order valence-corrected chi connectivity index (χ2v) is 3.37. The monoisotopic (exact) mass is 178 g/mol. The Morgan fingerprint density at radius 2 is 2.08 bits per heavy atom. The maximum atomic E-state index is 5.25. The van der Waals surface area contributed by atoms with E-state index in [2.05, 4.69) is 15.4 Å². The maximum Gasteiger partial charge on any atom is 0.237 e. The van der Waals surface area contributed by atoms with Crippen LogP contribution in [0.25, 0.3) is 0 Å². The number of aromatic nitrogens is 2. The zero-order valence-corrected chi connectivity index (χ0v) is 7.58. The Balaban J connectivity index is 2.32. The molecule has 0 aromatic carbocycles. The van der Waals surface area contributed by atoms with E-state index in [-0.39, 0.29) is 0 Å². The first-order valence-electron chi connectivity index (χ1n) is 4.71. The predicted octanol–water partition coefficient (Wildman–Crippen LogP) is 1.03. The molecule has 70 valence electrons. The summed E-state index contributed by atoms with van der Waals surface area (Å²) in [6.45, 7) is 0. The number of nitrogens with one attached hydrogen (secondary N) is 1. The van der Waals surface area contributed by atoms with Crippen molar-refractivity contribution in [3.8, 4) is 0 Å². The highest BCUT2D eigenvalue weighted by Crippen LogP contribution is 2.18. The van der Waals surface area contributed by atoms with Gasteiger partial charge in [0.2, 0.25) is 5.95 Å². The number of nitrogens with two attached hydrogens (primary N) is 1. The van der Waals surface area contributed by atoms with Gasteiger partial charge in [-0.1, -0.05) is 6.42 Å². The molecule has 3 N–H and O–H groups in total. The van der Waals surface area contributed by atoms with Crippen molar-refractivity contribution in [1.29, 1.82) is 0 Å². The van der Waals surface area contributed by atoms with E-state index in [4.69, 9.17) is 5.84 Å². The molecule has 1 aromatic heterocycles. The number of nitrogen functional groups attached to an aromatic ring is 1. The van der Waals surface area contributed by atoms with Crippen LogP contribution in [0.1, 0.15) is 30.5 Å². The summed E-state index contributed by atoms with van der Waals surface area (Å²) in [5, 5.41) is 0. The number of hydrogen-bond donors (Lipinski definition) is 2. The predicted molar refractivity (Wildman–Crippen MR) is 51.1 cm³/mol. The molecule has 0 saturated heterocycles. The molecule has 0 amide bonds. The summed E-state index contributed by atoms with van der Waals surface area (Å²) in [4.78, 5) is 8.45. The Morgan fingerprint density at radius 1 is 1.23 bits per heavy atom. The van der Waals surface area contributed by atoms with Gasteiger partial charge in [-0.05, 0) is 31.2 Å². The highest BCUT2D eigenvalue weighted by molar-refractivity contribution is 5.28. The van der Waals surface area contributed by atoms with Crippen molar-refractivity contribution >= 4 is 5.95 Å². The van der Waals surface area contributed by atoms with Gasteiger partial charge in [0.05, 0.1) is 0 Å². The number of hydrogen-bond acceptors (Lipinski definition) is 4. The lowest BCUT2D eigenvalue weighted by Crippen LogP contribution is -2.12. The summed E-state index contributed by atoms with van der Waals surface area (Å²) in [7, 11) is 0. The van der Waals surface area contributed by atoms with Gasteiger partial charge in [-0.25, -0.2) is 15.8 Å². The molecular weight excluding hydrogens is 164 g/mol. The fraction of sp³-hybridized carbons (Fsp3) is 0.556. The molecule has 13 heavy (non-hydrogen) atoms. The maximum absolute atomic E-state index is 5.25. The van der Waals surface area contributed by atoms with E-state index in [1.54, 1.807) is 0 Å². The Morgan fingerprint density at radius 3 is 2.92 bits per heavy atom. The summed E-state index contributed by atoms with van der Waals surface area (Å²) in [5.74, 6) is 5.78. The van der Waals surface area contributed by atoms with Crippen molar-refractivity contribution in [1.82, 2.24) is 9.97 Å². The van der Waals surface area contributed by atoms with Crippen molar-refractivity contribution in [3.63, 3.8) is 0 Å². The average Bonchev–Trinajstić information content (AvgIpc) is 2.41. The Bertz CT molecular complexity index is 298. The molecule has 1 aromatic rings. The zero-order valence-electron chi connectivity index (χ0n) is 7.58. The van der Waals surface area contributed by atoms with Gasteiger partial charge in [-0.15, -0.1) is 0 Å². The third-order valence-electron chi connectivity index (χ3n) is 2.44. The van der Waals surface area contributed by atoms with E-state index < -0.39 is 0 Å². The number of hydrazine groups is 1. The minimum absolute atomic E-state index is 0.528. The highest BCUT2D eigenvalue weighted by atomic mass is 15.3. The molecule has 0 aliphatic heterocycles. The van der Waals surface area contributed by atoms with E-state index in [1.807, 2.05) is 6.20 Å². The molecule has 0 saturated carbocycles. The van der Waals surface area contributed by atoms with Crippen LogP contribution in [0.5, 0.6) is 0 Å². The normalized spacial score (nSPS) is 16.1. The second kappa shape index (κ2) is 3.70. The lowest BCUT2D eigenvalue weighted by molar-refractivity contribution is 0.709. The first-order valence-corrected chi connectivity index (χ1v) is 4.71. The average molecular weight is 178 g/mol. The molecule has 4 heteroatoms. The van der Waals surface area contributed by atoms with Crippen molar-refractivity contribution in [2.24, 2.45) is 5.84 Å². The molecule has 0 bridgehead atoms. The number of fused-ring (bicyclic) bond motifs is 1. The van der Waals surface area contributed by atoms with Gasteiger partial charge >= 0.3 is 0 Å². The van der Waals surface area contributed by atoms with Gasteiger partial charge in [0, 0.05) is 11.9 Å². The molecule has 0 atom stereocenters. The van der Waals surface area contributed by atoms with Crippen LogP contribution in [-0.2, 0) is 12.8 Å². The molecule has 1 aliphatic rings. The van der Waals surface area contributed by atoms with Crippen LogP contribution in [0.4, 0.5) is 5.95 Å². The Hall–Kier alpha value is -1.16. The second-order valence-electron chi connectivity index (χ2n) is 3.37. The first kappa shape index (κ1) is 8.44. The van der Waals surface area contributed by atoms with Gasteiger partial charge in [-0.2, -0.15) is 0 Å². The molecule has 1 heterocycles. The molecule has 0 spiro atoms.